The molecular weight excluding hydrogens is 157 g/mol. The van der Waals surface area contributed by atoms with Crippen LogP contribution in [-0.2, 0) is 0 Å². The van der Waals surface area contributed by atoms with Gasteiger partial charge in [0.05, 0.1) is 0 Å². The monoisotopic (exact) mass is 183 g/mol. The fourth-order valence-electron chi connectivity index (χ4n) is 2.12. The Balaban J connectivity index is 3.58. The molecule has 0 bridgehead atoms. The molecule has 0 saturated heterocycles. The van der Waals surface area contributed by atoms with E-state index in [0.29, 0.717) is 0 Å². The van der Waals surface area contributed by atoms with E-state index < -0.39 is 0 Å². The van der Waals surface area contributed by atoms with E-state index >= 15 is 0 Å². The fourth-order valence-corrected chi connectivity index (χ4v) is 2.12. The van der Waals surface area contributed by atoms with Crippen LogP contribution in [0.3, 0.4) is 0 Å². The zero-order valence-electron chi connectivity index (χ0n) is 10.1. The Labute approximate surface area is 85.1 Å². The Morgan fingerprint density at radius 2 is 1.54 bits per heavy atom. The van der Waals surface area contributed by atoms with Gasteiger partial charge in [-0.3, -0.25) is 0 Å². The van der Waals surface area contributed by atoms with Crippen LogP contribution in [0, 0.1) is 17.8 Å². The Hall–Kier alpha value is 0.0249. The maximum Gasteiger partial charge on any atom is 0.181 e. The van der Waals surface area contributed by atoms with Gasteiger partial charge < -0.3 is 5.23 Å². The first-order valence-electron chi connectivity index (χ1n) is 5.74. The highest BCUT2D eigenvalue weighted by Gasteiger charge is 2.16. The lowest BCUT2D eigenvalue weighted by Gasteiger charge is -2.24. The van der Waals surface area contributed by atoms with Gasteiger partial charge in [-0.15, -0.1) is 0 Å². The zero-order chi connectivity index (χ0) is 10.3. The first-order valence-corrected chi connectivity index (χ1v) is 5.74. The number of nitrogens with one attached hydrogen (secondary N) is 1. The predicted molar refractivity (Wildman–Crippen MR) is 63.6 cm³/mol. The Kier molecular flexibility index (Phi) is 7.45. The quantitative estimate of drug-likeness (QED) is 0.471. The molecule has 0 aromatic rings. The molecule has 0 aromatic heterocycles. The summed E-state index contributed by atoms with van der Waals surface area (Å²) in [5, 5.41) is 3.20. The normalized spacial score (nSPS) is 11.9. The van der Waals surface area contributed by atoms with E-state index in [1.807, 2.05) is 7.98 Å². The highest BCUT2D eigenvalue weighted by atomic mass is 14.7. The topological polar surface area (TPSA) is 12.0 Å². The first-order chi connectivity index (χ1) is 6.09. The molecule has 0 fully saturated rings. The van der Waals surface area contributed by atoms with Crippen molar-refractivity contribution in [3.8, 4) is 0 Å². The third-order valence-electron chi connectivity index (χ3n) is 2.93. The molecule has 78 valence electrons. The van der Waals surface area contributed by atoms with Gasteiger partial charge in [0.2, 0.25) is 0 Å². The van der Waals surface area contributed by atoms with Crippen LogP contribution in [0.15, 0.2) is 0 Å². The van der Waals surface area contributed by atoms with Crippen molar-refractivity contribution >= 4 is 7.98 Å². The second-order valence-electron chi connectivity index (χ2n) is 4.75. The van der Waals surface area contributed by atoms with Crippen LogP contribution in [0.1, 0.15) is 47.0 Å². The van der Waals surface area contributed by atoms with Gasteiger partial charge in [-0.2, -0.15) is 0 Å². The van der Waals surface area contributed by atoms with E-state index in [0.717, 1.165) is 17.8 Å². The molecule has 0 amide bonds. The van der Waals surface area contributed by atoms with Crippen molar-refractivity contribution in [1.29, 1.82) is 0 Å². The molecule has 0 saturated carbocycles. The lowest BCUT2D eigenvalue weighted by atomic mass is 9.82. The van der Waals surface area contributed by atoms with Gasteiger partial charge in [0, 0.05) is 0 Å². The molecule has 0 aliphatic rings. The molecule has 0 spiro atoms. The minimum absolute atomic E-state index is 0.842. The highest BCUT2D eigenvalue weighted by Crippen LogP contribution is 2.25. The van der Waals surface area contributed by atoms with Crippen molar-refractivity contribution in [3.05, 3.63) is 0 Å². The summed E-state index contributed by atoms with van der Waals surface area (Å²) in [7, 11) is 2.03. The molecule has 0 aliphatic heterocycles. The summed E-state index contributed by atoms with van der Waals surface area (Å²) in [4.78, 5) is 0. The van der Waals surface area contributed by atoms with Gasteiger partial charge in [-0.1, -0.05) is 34.1 Å². The Bertz CT molecular complexity index is 105. The summed E-state index contributed by atoms with van der Waals surface area (Å²) in [6.45, 7) is 10.6. The third-order valence-corrected chi connectivity index (χ3v) is 2.93. The Morgan fingerprint density at radius 3 is 1.92 bits per heavy atom. The van der Waals surface area contributed by atoms with Crippen LogP contribution in [0.4, 0.5) is 0 Å². The molecule has 0 aromatic carbocycles. The van der Waals surface area contributed by atoms with Crippen molar-refractivity contribution in [2.45, 2.75) is 47.0 Å². The molecule has 0 aliphatic carbocycles. The van der Waals surface area contributed by atoms with Gasteiger partial charge in [-0.25, -0.2) is 0 Å². The van der Waals surface area contributed by atoms with Crippen molar-refractivity contribution in [2.75, 3.05) is 6.54 Å². The van der Waals surface area contributed by atoms with Crippen LogP contribution in [-0.4, -0.2) is 14.5 Å². The van der Waals surface area contributed by atoms with Gasteiger partial charge in [0.25, 0.3) is 0 Å². The fraction of sp³-hybridized carbons (Fsp3) is 1.00. The number of rotatable bonds is 7. The van der Waals surface area contributed by atoms with Gasteiger partial charge in [0.15, 0.2) is 7.98 Å². The van der Waals surface area contributed by atoms with Gasteiger partial charge in [-0.05, 0) is 37.1 Å². The second-order valence-corrected chi connectivity index (χ2v) is 4.75. The summed E-state index contributed by atoms with van der Waals surface area (Å²) in [5.41, 5.74) is 0. The zero-order valence-corrected chi connectivity index (χ0v) is 10.1. The standard InChI is InChI=1S/C11H26BN/c1-9(2)11(10(3)4)7-5-6-8-13-12/h9-11,13H,5-8,12H2,1-4H3. The number of hydrogen-bond acceptors (Lipinski definition) is 1. The predicted octanol–water partition coefficient (Wildman–Crippen LogP) is 2.22. The summed E-state index contributed by atoms with van der Waals surface area (Å²) >= 11 is 0. The lowest BCUT2D eigenvalue weighted by Crippen LogP contribution is -2.16. The first kappa shape index (κ1) is 13.0. The summed E-state index contributed by atoms with van der Waals surface area (Å²) in [6, 6.07) is 0. The average Bonchev–Trinajstić information content (AvgIpc) is 2.02. The summed E-state index contributed by atoms with van der Waals surface area (Å²) < 4.78 is 0. The van der Waals surface area contributed by atoms with E-state index in [-0.39, 0.29) is 0 Å². The SMILES string of the molecule is BNCCCCC(C(C)C)C(C)C. The molecule has 0 radical (unpaired) electrons. The van der Waals surface area contributed by atoms with Crippen LogP contribution in [0.25, 0.3) is 0 Å². The van der Waals surface area contributed by atoms with E-state index in [1.165, 1.54) is 25.8 Å². The van der Waals surface area contributed by atoms with Crippen molar-refractivity contribution in [1.82, 2.24) is 5.23 Å². The maximum atomic E-state index is 3.20. The molecular formula is C11H26BN. The lowest BCUT2D eigenvalue weighted by molar-refractivity contribution is 0.262. The highest BCUT2D eigenvalue weighted by molar-refractivity contribution is 6.04. The van der Waals surface area contributed by atoms with Crippen molar-refractivity contribution < 1.29 is 0 Å². The van der Waals surface area contributed by atoms with Gasteiger partial charge in [0.1, 0.15) is 0 Å². The maximum absolute atomic E-state index is 3.20. The third kappa shape index (κ3) is 6.14. The number of hydrogen-bond donors (Lipinski definition) is 1. The molecule has 0 heterocycles. The van der Waals surface area contributed by atoms with Gasteiger partial charge >= 0.3 is 0 Å². The molecule has 1 nitrogen and oxygen atoms in total. The van der Waals surface area contributed by atoms with E-state index in [1.54, 1.807) is 0 Å². The van der Waals surface area contributed by atoms with E-state index in [4.69, 9.17) is 0 Å². The molecule has 1 N–H and O–H groups in total. The smallest absolute Gasteiger partial charge is 0.181 e. The minimum atomic E-state index is 0.842. The summed E-state index contributed by atoms with van der Waals surface area (Å²) in [5.74, 6) is 2.60. The van der Waals surface area contributed by atoms with Crippen molar-refractivity contribution in [3.63, 3.8) is 0 Å². The van der Waals surface area contributed by atoms with Crippen LogP contribution >= 0.6 is 0 Å². The van der Waals surface area contributed by atoms with Crippen LogP contribution in [0.2, 0.25) is 0 Å². The average molecular weight is 183 g/mol. The molecule has 13 heavy (non-hydrogen) atoms. The summed E-state index contributed by atoms with van der Waals surface area (Å²) in [6.07, 6.45) is 4.10. The molecule has 0 rings (SSSR count). The molecule has 0 atom stereocenters. The van der Waals surface area contributed by atoms with Crippen LogP contribution in [0.5, 0.6) is 0 Å². The second kappa shape index (κ2) is 7.43. The molecule has 2 heteroatoms. The minimum Gasteiger partial charge on any atom is -0.362 e. The Morgan fingerprint density at radius 1 is 1.00 bits per heavy atom. The van der Waals surface area contributed by atoms with E-state index in [2.05, 4.69) is 32.9 Å². The molecule has 0 unspecified atom stereocenters. The number of unbranched alkanes of at least 4 members (excludes halogenated alkanes) is 1. The van der Waals surface area contributed by atoms with Crippen molar-refractivity contribution in [2.24, 2.45) is 17.8 Å². The largest absolute Gasteiger partial charge is 0.362 e. The van der Waals surface area contributed by atoms with E-state index in [9.17, 15) is 0 Å². The van der Waals surface area contributed by atoms with Crippen LogP contribution < -0.4 is 5.23 Å².